The van der Waals surface area contributed by atoms with Crippen LogP contribution in [-0.4, -0.2) is 10.2 Å². The maximum atomic E-state index is 9.61. The second-order valence-electron chi connectivity index (χ2n) is 3.90. The van der Waals surface area contributed by atoms with Gasteiger partial charge in [-0.2, -0.15) is 0 Å². The molecule has 4 heteroatoms. The first kappa shape index (κ1) is 11.1. The Bertz CT molecular complexity index is 553. The normalized spacial score (nSPS) is 10.2. The van der Waals surface area contributed by atoms with Crippen molar-refractivity contribution >= 4 is 17.1 Å². The van der Waals surface area contributed by atoms with Crippen LogP contribution in [0.15, 0.2) is 36.4 Å². The van der Waals surface area contributed by atoms with E-state index in [0.29, 0.717) is 17.1 Å². The molecule has 0 saturated heterocycles. The first-order valence-electron chi connectivity index (χ1n) is 5.21. The van der Waals surface area contributed by atoms with E-state index in [1.54, 1.807) is 43.3 Å². The SMILES string of the molecule is Cc1cc(N)c(Nc2cccc(O)c2)cc1O. The van der Waals surface area contributed by atoms with Gasteiger partial charge in [0.1, 0.15) is 11.5 Å². The number of rotatable bonds is 2. The number of benzene rings is 2. The van der Waals surface area contributed by atoms with Gasteiger partial charge in [-0.15, -0.1) is 0 Å². The standard InChI is InChI=1S/C13H14N2O2/c1-8-5-11(14)12(7-13(8)17)15-9-3-2-4-10(16)6-9/h2-7,15-17H,14H2,1H3. The Hall–Kier alpha value is -2.36. The summed E-state index contributed by atoms with van der Waals surface area (Å²) in [6.45, 7) is 1.78. The van der Waals surface area contributed by atoms with E-state index in [2.05, 4.69) is 5.32 Å². The molecule has 88 valence electrons. The Kier molecular flexibility index (Phi) is 2.78. The number of aromatic hydroxyl groups is 2. The minimum atomic E-state index is 0.171. The van der Waals surface area contributed by atoms with Gasteiger partial charge in [-0.25, -0.2) is 0 Å². The van der Waals surface area contributed by atoms with Gasteiger partial charge < -0.3 is 21.3 Å². The Morgan fingerprint density at radius 1 is 1.12 bits per heavy atom. The van der Waals surface area contributed by atoms with E-state index in [9.17, 15) is 10.2 Å². The third-order valence-corrected chi connectivity index (χ3v) is 2.49. The van der Waals surface area contributed by atoms with Crippen molar-refractivity contribution in [3.05, 3.63) is 42.0 Å². The van der Waals surface area contributed by atoms with Crippen LogP contribution in [0, 0.1) is 6.92 Å². The van der Waals surface area contributed by atoms with Crippen LogP contribution in [-0.2, 0) is 0 Å². The molecule has 0 bridgehead atoms. The van der Waals surface area contributed by atoms with Crippen LogP contribution in [0.25, 0.3) is 0 Å². The molecule has 0 spiro atoms. The lowest BCUT2D eigenvalue weighted by Gasteiger charge is -2.11. The summed E-state index contributed by atoms with van der Waals surface area (Å²) >= 11 is 0. The van der Waals surface area contributed by atoms with E-state index in [0.717, 1.165) is 5.56 Å². The Labute approximate surface area is 99.3 Å². The highest BCUT2D eigenvalue weighted by Crippen LogP contribution is 2.30. The van der Waals surface area contributed by atoms with Crippen LogP contribution in [0.1, 0.15) is 5.56 Å². The van der Waals surface area contributed by atoms with Gasteiger partial charge in [-0.3, -0.25) is 0 Å². The maximum absolute atomic E-state index is 9.61. The van der Waals surface area contributed by atoms with Gasteiger partial charge in [-0.1, -0.05) is 6.07 Å². The predicted molar refractivity (Wildman–Crippen MR) is 68.6 cm³/mol. The van der Waals surface area contributed by atoms with Crippen LogP contribution < -0.4 is 11.1 Å². The van der Waals surface area contributed by atoms with Gasteiger partial charge >= 0.3 is 0 Å². The maximum Gasteiger partial charge on any atom is 0.120 e. The summed E-state index contributed by atoms with van der Waals surface area (Å²) in [6.07, 6.45) is 0. The molecular formula is C13H14N2O2. The molecule has 2 aromatic rings. The smallest absolute Gasteiger partial charge is 0.120 e. The number of hydrogen-bond acceptors (Lipinski definition) is 4. The van der Waals surface area contributed by atoms with Crippen LogP contribution in [0.3, 0.4) is 0 Å². The summed E-state index contributed by atoms with van der Waals surface area (Å²) < 4.78 is 0. The monoisotopic (exact) mass is 230 g/mol. The zero-order valence-corrected chi connectivity index (χ0v) is 9.44. The van der Waals surface area contributed by atoms with Crippen molar-refractivity contribution in [1.82, 2.24) is 0 Å². The zero-order chi connectivity index (χ0) is 12.4. The molecule has 0 aliphatic rings. The van der Waals surface area contributed by atoms with Gasteiger partial charge in [0.2, 0.25) is 0 Å². The Balaban J connectivity index is 2.33. The fraction of sp³-hybridized carbons (Fsp3) is 0.0769. The summed E-state index contributed by atoms with van der Waals surface area (Å²) in [7, 11) is 0. The van der Waals surface area contributed by atoms with Gasteiger partial charge in [-0.05, 0) is 30.7 Å². The molecule has 0 fully saturated rings. The van der Waals surface area contributed by atoms with Gasteiger partial charge in [0, 0.05) is 17.8 Å². The molecule has 0 saturated carbocycles. The van der Waals surface area contributed by atoms with Crippen LogP contribution >= 0.6 is 0 Å². The average Bonchev–Trinajstić information content (AvgIpc) is 2.26. The first-order valence-corrected chi connectivity index (χ1v) is 5.21. The zero-order valence-electron chi connectivity index (χ0n) is 9.44. The van der Waals surface area contributed by atoms with Crippen LogP contribution in [0.4, 0.5) is 17.1 Å². The molecule has 0 aromatic heterocycles. The lowest BCUT2D eigenvalue weighted by Crippen LogP contribution is -1.96. The molecule has 0 aliphatic heterocycles. The average molecular weight is 230 g/mol. The molecular weight excluding hydrogens is 216 g/mol. The molecule has 4 nitrogen and oxygen atoms in total. The van der Waals surface area contributed by atoms with E-state index in [4.69, 9.17) is 5.73 Å². The second-order valence-corrected chi connectivity index (χ2v) is 3.90. The highest BCUT2D eigenvalue weighted by Gasteiger charge is 2.04. The van der Waals surface area contributed by atoms with Crippen LogP contribution in [0.2, 0.25) is 0 Å². The predicted octanol–water partition coefficient (Wildman–Crippen LogP) is 2.73. The van der Waals surface area contributed by atoms with Gasteiger partial charge in [0.05, 0.1) is 11.4 Å². The van der Waals surface area contributed by atoms with E-state index >= 15 is 0 Å². The molecule has 17 heavy (non-hydrogen) atoms. The number of anilines is 3. The molecule has 2 rings (SSSR count). The quantitative estimate of drug-likeness (QED) is 0.472. The lowest BCUT2D eigenvalue weighted by molar-refractivity contribution is 0.471. The van der Waals surface area contributed by atoms with E-state index in [-0.39, 0.29) is 11.5 Å². The number of aryl methyl sites for hydroxylation is 1. The molecule has 0 aliphatic carbocycles. The number of nitrogens with two attached hydrogens (primary N) is 1. The van der Waals surface area contributed by atoms with Crippen LogP contribution in [0.5, 0.6) is 11.5 Å². The van der Waals surface area contributed by atoms with E-state index in [1.165, 1.54) is 0 Å². The molecule has 0 unspecified atom stereocenters. The van der Waals surface area contributed by atoms with Crippen molar-refractivity contribution in [2.24, 2.45) is 0 Å². The van der Waals surface area contributed by atoms with Crippen molar-refractivity contribution in [3.8, 4) is 11.5 Å². The summed E-state index contributed by atoms with van der Waals surface area (Å²) in [4.78, 5) is 0. The summed E-state index contributed by atoms with van der Waals surface area (Å²) in [5, 5.41) is 22.0. The molecule has 2 aromatic carbocycles. The first-order chi connectivity index (χ1) is 8.06. The third kappa shape index (κ3) is 2.42. The summed E-state index contributed by atoms with van der Waals surface area (Å²) in [5.74, 6) is 0.353. The minimum Gasteiger partial charge on any atom is -0.508 e. The summed E-state index contributed by atoms with van der Waals surface area (Å²) in [5.41, 5.74) is 8.43. The van der Waals surface area contributed by atoms with E-state index in [1.807, 2.05) is 0 Å². The highest BCUT2D eigenvalue weighted by molar-refractivity contribution is 5.75. The molecule has 0 heterocycles. The third-order valence-electron chi connectivity index (χ3n) is 2.49. The summed E-state index contributed by atoms with van der Waals surface area (Å²) in [6, 6.07) is 9.95. The fourth-order valence-corrected chi connectivity index (χ4v) is 1.57. The van der Waals surface area contributed by atoms with Gasteiger partial charge in [0.25, 0.3) is 0 Å². The Morgan fingerprint density at radius 2 is 1.88 bits per heavy atom. The topological polar surface area (TPSA) is 78.5 Å². The Morgan fingerprint density at radius 3 is 2.59 bits per heavy atom. The molecule has 0 amide bonds. The molecule has 0 radical (unpaired) electrons. The van der Waals surface area contributed by atoms with Crippen molar-refractivity contribution in [1.29, 1.82) is 0 Å². The second kappa shape index (κ2) is 4.25. The lowest BCUT2D eigenvalue weighted by atomic mass is 10.1. The van der Waals surface area contributed by atoms with Gasteiger partial charge in [0.15, 0.2) is 0 Å². The number of nitrogen functional groups attached to an aromatic ring is 1. The van der Waals surface area contributed by atoms with E-state index < -0.39 is 0 Å². The fourth-order valence-electron chi connectivity index (χ4n) is 1.57. The minimum absolute atomic E-state index is 0.171. The number of nitrogens with one attached hydrogen (secondary N) is 1. The largest absolute Gasteiger partial charge is 0.508 e. The highest BCUT2D eigenvalue weighted by atomic mass is 16.3. The number of hydrogen-bond donors (Lipinski definition) is 4. The number of phenolic OH excluding ortho intramolecular Hbond substituents is 2. The molecule has 0 atom stereocenters. The number of phenols is 2. The van der Waals surface area contributed by atoms with Crippen molar-refractivity contribution in [2.75, 3.05) is 11.1 Å². The van der Waals surface area contributed by atoms with Crippen molar-refractivity contribution in [2.45, 2.75) is 6.92 Å². The molecule has 5 N–H and O–H groups in total. The van der Waals surface area contributed by atoms with Crippen molar-refractivity contribution in [3.63, 3.8) is 0 Å². The van der Waals surface area contributed by atoms with Crippen molar-refractivity contribution < 1.29 is 10.2 Å².